The van der Waals surface area contributed by atoms with Crippen molar-refractivity contribution in [3.8, 4) is 0 Å². The molecule has 1 aliphatic rings. The normalized spacial score (nSPS) is 20.4. The molecule has 1 heterocycles. The molecule has 1 saturated carbocycles. The van der Waals surface area contributed by atoms with Gasteiger partial charge in [0.1, 0.15) is 0 Å². The number of nitrogens with two attached hydrogens (primary N) is 1. The van der Waals surface area contributed by atoms with E-state index < -0.39 is 0 Å². The Morgan fingerprint density at radius 3 is 2.48 bits per heavy atom. The summed E-state index contributed by atoms with van der Waals surface area (Å²) >= 11 is 0. The maximum absolute atomic E-state index is 5.89. The summed E-state index contributed by atoms with van der Waals surface area (Å²) in [4.78, 5) is 15.2. The lowest BCUT2D eigenvalue weighted by Gasteiger charge is -2.34. The van der Waals surface area contributed by atoms with E-state index in [4.69, 9.17) is 10.5 Å². The van der Waals surface area contributed by atoms with Crippen LogP contribution in [0.5, 0.6) is 0 Å². The maximum Gasteiger partial charge on any atom is 0.231 e. The summed E-state index contributed by atoms with van der Waals surface area (Å²) in [7, 11) is 3.84. The fourth-order valence-corrected chi connectivity index (χ4v) is 3.38. The minimum absolute atomic E-state index is 0.274. The predicted molar refractivity (Wildman–Crippen MR) is 103 cm³/mol. The number of unbranched alkanes of at least 4 members (excludes halogenated alkanes) is 4. The third-order valence-electron chi connectivity index (χ3n) is 5.04. The van der Waals surface area contributed by atoms with Crippen molar-refractivity contribution in [3.05, 3.63) is 0 Å². The molecule has 3 N–H and O–H groups in total. The van der Waals surface area contributed by atoms with Crippen LogP contribution in [0.3, 0.4) is 0 Å². The molecule has 7 nitrogen and oxygen atoms in total. The third-order valence-corrected chi connectivity index (χ3v) is 5.04. The van der Waals surface area contributed by atoms with Gasteiger partial charge < -0.3 is 20.7 Å². The van der Waals surface area contributed by atoms with Gasteiger partial charge in [0, 0.05) is 26.7 Å². The minimum Gasteiger partial charge on any atom is -0.381 e. The van der Waals surface area contributed by atoms with Gasteiger partial charge in [-0.15, -0.1) is 0 Å². The van der Waals surface area contributed by atoms with Gasteiger partial charge in [-0.1, -0.05) is 32.6 Å². The van der Waals surface area contributed by atoms with Gasteiger partial charge >= 0.3 is 0 Å². The average Bonchev–Trinajstić information content (AvgIpc) is 2.63. The van der Waals surface area contributed by atoms with Gasteiger partial charge in [0.05, 0.1) is 6.10 Å². The van der Waals surface area contributed by atoms with Crippen molar-refractivity contribution >= 4 is 17.8 Å². The molecule has 1 aromatic rings. The molecule has 0 aromatic carbocycles. The van der Waals surface area contributed by atoms with E-state index in [1.165, 1.54) is 25.7 Å². The number of nitrogens with one attached hydrogen (secondary N) is 1. The highest BCUT2D eigenvalue weighted by molar-refractivity contribution is 5.42. The van der Waals surface area contributed by atoms with Gasteiger partial charge in [-0.2, -0.15) is 15.0 Å². The zero-order valence-corrected chi connectivity index (χ0v) is 16.0. The van der Waals surface area contributed by atoms with Crippen molar-refractivity contribution in [2.24, 2.45) is 0 Å². The van der Waals surface area contributed by atoms with Crippen LogP contribution in [0.1, 0.15) is 64.7 Å². The van der Waals surface area contributed by atoms with Crippen LogP contribution in [0.25, 0.3) is 0 Å². The fourth-order valence-electron chi connectivity index (χ4n) is 3.38. The van der Waals surface area contributed by atoms with Crippen LogP contribution in [0.4, 0.5) is 17.8 Å². The molecule has 1 aromatic heterocycles. The lowest BCUT2D eigenvalue weighted by molar-refractivity contribution is 0.0659. The molecule has 0 aliphatic heterocycles. The van der Waals surface area contributed by atoms with E-state index in [1.54, 1.807) is 7.11 Å². The Balaban J connectivity index is 1.87. The van der Waals surface area contributed by atoms with E-state index in [-0.39, 0.29) is 5.95 Å². The summed E-state index contributed by atoms with van der Waals surface area (Å²) < 4.78 is 5.45. The molecule has 0 bridgehead atoms. The molecule has 1 aliphatic carbocycles. The first kappa shape index (κ1) is 19.7. The third kappa shape index (κ3) is 6.30. The lowest BCUT2D eigenvalue weighted by atomic mass is 9.92. The maximum atomic E-state index is 5.89. The number of nitrogens with zero attached hydrogens (tertiary/aromatic N) is 4. The molecule has 25 heavy (non-hydrogen) atoms. The summed E-state index contributed by atoms with van der Waals surface area (Å²) in [6.45, 7) is 3.10. The SMILES string of the molecule is CCCCCCCNc1nc(N)nc(N(C)C2CCC(OC)CC2)n1. The Morgan fingerprint density at radius 1 is 1.08 bits per heavy atom. The van der Waals surface area contributed by atoms with Crippen molar-refractivity contribution < 1.29 is 4.74 Å². The van der Waals surface area contributed by atoms with E-state index in [2.05, 4.69) is 32.1 Å². The first-order valence-electron chi connectivity index (χ1n) is 9.65. The van der Waals surface area contributed by atoms with Crippen molar-refractivity contribution in [1.82, 2.24) is 15.0 Å². The molecule has 0 spiro atoms. The Labute approximate surface area is 151 Å². The molecular weight excluding hydrogens is 316 g/mol. The van der Waals surface area contributed by atoms with Crippen LogP contribution >= 0.6 is 0 Å². The Hall–Kier alpha value is -1.63. The number of methoxy groups -OCH3 is 1. The molecular formula is C18H34N6O. The van der Waals surface area contributed by atoms with E-state index in [0.29, 0.717) is 24.0 Å². The second-order valence-corrected chi connectivity index (χ2v) is 6.94. The number of hydrogen-bond donors (Lipinski definition) is 2. The van der Waals surface area contributed by atoms with Gasteiger partial charge in [0.2, 0.25) is 17.8 Å². The first-order valence-corrected chi connectivity index (χ1v) is 9.65. The van der Waals surface area contributed by atoms with Gasteiger partial charge in [-0.25, -0.2) is 0 Å². The average molecular weight is 351 g/mol. The minimum atomic E-state index is 0.274. The first-order chi connectivity index (χ1) is 12.1. The molecule has 0 atom stereocenters. The van der Waals surface area contributed by atoms with Gasteiger partial charge in [0.25, 0.3) is 0 Å². The highest BCUT2D eigenvalue weighted by Gasteiger charge is 2.25. The Morgan fingerprint density at radius 2 is 1.80 bits per heavy atom. The van der Waals surface area contributed by atoms with Crippen molar-refractivity contribution in [2.45, 2.75) is 76.9 Å². The molecule has 142 valence electrons. The number of aromatic nitrogens is 3. The lowest BCUT2D eigenvalue weighted by Crippen LogP contribution is -2.38. The highest BCUT2D eigenvalue weighted by atomic mass is 16.5. The molecule has 0 unspecified atom stereocenters. The highest BCUT2D eigenvalue weighted by Crippen LogP contribution is 2.26. The van der Waals surface area contributed by atoms with E-state index in [1.807, 2.05) is 7.05 Å². The van der Waals surface area contributed by atoms with Crippen LogP contribution in [0.2, 0.25) is 0 Å². The summed E-state index contributed by atoms with van der Waals surface area (Å²) in [6.07, 6.45) is 10.9. The number of anilines is 3. The number of ether oxygens (including phenoxy) is 1. The second-order valence-electron chi connectivity index (χ2n) is 6.94. The largest absolute Gasteiger partial charge is 0.381 e. The van der Waals surface area contributed by atoms with E-state index in [9.17, 15) is 0 Å². The molecule has 0 amide bonds. The summed E-state index contributed by atoms with van der Waals surface area (Å²) in [5, 5.41) is 3.29. The van der Waals surface area contributed by atoms with Gasteiger partial charge in [0.15, 0.2) is 0 Å². The zero-order valence-electron chi connectivity index (χ0n) is 16.0. The molecule has 7 heteroatoms. The zero-order chi connectivity index (χ0) is 18.1. The topological polar surface area (TPSA) is 89.2 Å². The van der Waals surface area contributed by atoms with Crippen LogP contribution < -0.4 is 16.0 Å². The number of rotatable bonds is 10. The van der Waals surface area contributed by atoms with E-state index >= 15 is 0 Å². The van der Waals surface area contributed by atoms with Crippen LogP contribution in [-0.4, -0.2) is 47.8 Å². The van der Waals surface area contributed by atoms with Crippen LogP contribution in [0.15, 0.2) is 0 Å². The van der Waals surface area contributed by atoms with Crippen molar-refractivity contribution in [3.63, 3.8) is 0 Å². The Kier molecular flexibility index (Phi) is 8.18. The molecule has 0 radical (unpaired) electrons. The molecule has 0 saturated heterocycles. The van der Waals surface area contributed by atoms with Crippen LogP contribution in [-0.2, 0) is 4.74 Å². The van der Waals surface area contributed by atoms with Gasteiger partial charge in [-0.05, 0) is 32.1 Å². The summed E-state index contributed by atoms with van der Waals surface area (Å²) in [5.74, 6) is 1.51. The molecule has 1 fully saturated rings. The van der Waals surface area contributed by atoms with E-state index in [0.717, 1.165) is 38.6 Å². The number of nitrogen functional groups attached to an aromatic ring is 1. The Bertz CT molecular complexity index is 504. The summed E-state index contributed by atoms with van der Waals surface area (Å²) in [6, 6.07) is 0.426. The number of hydrogen-bond acceptors (Lipinski definition) is 7. The quantitative estimate of drug-likeness (QED) is 0.626. The monoisotopic (exact) mass is 350 g/mol. The van der Waals surface area contributed by atoms with Crippen molar-refractivity contribution in [2.75, 3.05) is 36.7 Å². The molecule has 2 rings (SSSR count). The van der Waals surface area contributed by atoms with Crippen LogP contribution in [0, 0.1) is 0 Å². The standard InChI is InChI=1S/C18H34N6O/c1-4-5-6-7-8-13-20-17-21-16(19)22-18(23-17)24(2)14-9-11-15(25-3)12-10-14/h14-15H,4-13H2,1-3H3,(H3,19,20,21,22,23). The van der Waals surface area contributed by atoms with Gasteiger partial charge in [-0.3, -0.25) is 0 Å². The second kappa shape index (κ2) is 10.4. The van der Waals surface area contributed by atoms with Crippen molar-refractivity contribution in [1.29, 1.82) is 0 Å². The smallest absolute Gasteiger partial charge is 0.231 e. The predicted octanol–water partition coefficient (Wildman–Crippen LogP) is 3.23. The fraction of sp³-hybridized carbons (Fsp3) is 0.833. The summed E-state index contributed by atoms with van der Waals surface area (Å²) in [5.41, 5.74) is 5.89.